The SMILES string of the molecule is CCOCC1C=C2CC(C(O)c3ccccn3)=CC=C2OO1. The maximum Gasteiger partial charge on any atom is 0.168 e. The van der Waals surface area contributed by atoms with Crippen molar-refractivity contribution in [3.63, 3.8) is 0 Å². The van der Waals surface area contributed by atoms with Gasteiger partial charge in [-0.2, -0.15) is 4.89 Å². The molecular weight excluding hydrogens is 282 g/mol. The number of nitrogens with zero attached hydrogens (tertiary/aromatic N) is 1. The van der Waals surface area contributed by atoms with Gasteiger partial charge in [-0.25, -0.2) is 0 Å². The van der Waals surface area contributed by atoms with Gasteiger partial charge < -0.3 is 14.7 Å². The summed E-state index contributed by atoms with van der Waals surface area (Å²) >= 11 is 0. The van der Waals surface area contributed by atoms with E-state index in [1.165, 1.54) is 0 Å². The molecule has 2 atom stereocenters. The Kier molecular flexibility index (Phi) is 4.68. The van der Waals surface area contributed by atoms with Crippen LogP contribution >= 0.6 is 0 Å². The van der Waals surface area contributed by atoms with Gasteiger partial charge in [-0.1, -0.05) is 12.1 Å². The second kappa shape index (κ2) is 6.87. The van der Waals surface area contributed by atoms with Gasteiger partial charge in [0.1, 0.15) is 12.2 Å². The minimum absolute atomic E-state index is 0.224. The lowest BCUT2D eigenvalue weighted by molar-refractivity contribution is -0.294. The number of pyridine rings is 1. The van der Waals surface area contributed by atoms with Crippen molar-refractivity contribution < 1.29 is 19.6 Å². The Hall–Kier alpha value is -1.95. The van der Waals surface area contributed by atoms with E-state index in [0.29, 0.717) is 31.1 Å². The highest BCUT2D eigenvalue weighted by molar-refractivity contribution is 5.42. The van der Waals surface area contributed by atoms with Crippen molar-refractivity contribution in [2.24, 2.45) is 0 Å². The first-order valence-corrected chi connectivity index (χ1v) is 7.40. The van der Waals surface area contributed by atoms with Crippen molar-refractivity contribution in [3.05, 3.63) is 65.2 Å². The lowest BCUT2D eigenvalue weighted by atomic mass is 9.91. The van der Waals surface area contributed by atoms with Crippen molar-refractivity contribution >= 4 is 0 Å². The molecule has 1 aliphatic heterocycles. The average Bonchev–Trinajstić information content (AvgIpc) is 2.59. The van der Waals surface area contributed by atoms with Crippen LogP contribution in [0.3, 0.4) is 0 Å². The van der Waals surface area contributed by atoms with E-state index in [9.17, 15) is 5.11 Å². The molecular formula is C17H19NO4. The molecule has 2 aliphatic rings. The summed E-state index contributed by atoms with van der Waals surface area (Å²) < 4.78 is 5.35. The van der Waals surface area contributed by atoms with E-state index in [4.69, 9.17) is 14.5 Å². The molecule has 2 unspecified atom stereocenters. The van der Waals surface area contributed by atoms with E-state index in [-0.39, 0.29) is 6.10 Å². The second-order valence-corrected chi connectivity index (χ2v) is 5.18. The van der Waals surface area contributed by atoms with Gasteiger partial charge in [0.05, 0.1) is 12.3 Å². The van der Waals surface area contributed by atoms with Crippen molar-refractivity contribution in [1.82, 2.24) is 4.98 Å². The number of aromatic nitrogens is 1. The number of fused-ring (bicyclic) bond motifs is 1. The molecule has 5 heteroatoms. The Balaban J connectivity index is 1.75. The van der Waals surface area contributed by atoms with E-state index in [0.717, 1.165) is 11.1 Å². The Bertz CT molecular complexity index is 606. The van der Waals surface area contributed by atoms with Gasteiger partial charge in [0.25, 0.3) is 0 Å². The number of hydrogen-bond donors (Lipinski definition) is 1. The van der Waals surface area contributed by atoms with Gasteiger partial charge in [-0.05, 0) is 36.8 Å². The molecule has 3 rings (SSSR count). The predicted octanol–water partition coefficient (Wildman–Crippen LogP) is 2.62. The molecule has 22 heavy (non-hydrogen) atoms. The molecule has 2 heterocycles. The smallest absolute Gasteiger partial charge is 0.168 e. The number of aliphatic hydroxyl groups is 1. The van der Waals surface area contributed by atoms with Gasteiger partial charge in [-0.15, -0.1) is 0 Å². The van der Waals surface area contributed by atoms with Crippen molar-refractivity contribution in [2.45, 2.75) is 25.6 Å². The molecule has 116 valence electrons. The van der Waals surface area contributed by atoms with Crippen LogP contribution in [0.2, 0.25) is 0 Å². The standard InChI is InChI=1S/C17H19NO4/c1-2-20-11-14-10-13-9-12(6-7-16(13)22-21-14)17(19)15-5-3-4-8-18-15/h3-8,10,14,17,19H,2,9,11H2,1H3. The molecule has 1 N–H and O–H groups in total. The van der Waals surface area contributed by atoms with Gasteiger partial charge in [0, 0.05) is 24.8 Å². The maximum absolute atomic E-state index is 10.5. The monoisotopic (exact) mass is 301 g/mol. The predicted molar refractivity (Wildman–Crippen MR) is 80.5 cm³/mol. The first-order valence-electron chi connectivity index (χ1n) is 7.40. The second-order valence-electron chi connectivity index (χ2n) is 5.18. The summed E-state index contributed by atoms with van der Waals surface area (Å²) in [6, 6.07) is 5.51. The van der Waals surface area contributed by atoms with Crippen molar-refractivity contribution in [2.75, 3.05) is 13.2 Å². The van der Waals surface area contributed by atoms with E-state index >= 15 is 0 Å². The summed E-state index contributed by atoms with van der Waals surface area (Å²) in [4.78, 5) is 14.8. The van der Waals surface area contributed by atoms with Crippen molar-refractivity contribution in [1.29, 1.82) is 0 Å². The largest absolute Gasteiger partial charge is 0.382 e. The average molecular weight is 301 g/mol. The molecule has 0 bridgehead atoms. The number of ether oxygens (including phenoxy) is 1. The molecule has 5 nitrogen and oxygen atoms in total. The number of rotatable bonds is 5. The van der Waals surface area contributed by atoms with E-state index in [2.05, 4.69) is 4.98 Å². The van der Waals surface area contributed by atoms with Gasteiger partial charge in [0.15, 0.2) is 5.76 Å². The molecule has 1 aromatic heterocycles. The fourth-order valence-electron chi connectivity index (χ4n) is 2.47. The van der Waals surface area contributed by atoms with Crippen LogP contribution in [0.15, 0.2) is 59.5 Å². The number of aliphatic hydroxyl groups excluding tert-OH is 1. The van der Waals surface area contributed by atoms with E-state index in [1.807, 2.05) is 43.4 Å². The zero-order valence-corrected chi connectivity index (χ0v) is 12.4. The summed E-state index contributed by atoms with van der Waals surface area (Å²) in [5.74, 6) is 0.685. The Morgan fingerprint density at radius 3 is 3.09 bits per heavy atom. The first kappa shape index (κ1) is 15.0. The first-order chi connectivity index (χ1) is 10.8. The lowest BCUT2D eigenvalue weighted by Crippen LogP contribution is -2.24. The molecule has 0 amide bonds. The highest BCUT2D eigenvalue weighted by Crippen LogP contribution is 2.35. The third-order valence-corrected chi connectivity index (χ3v) is 3.61. The minimum Gasteiger partial charge on any atom is -0.382 e. The zero-order chi connectivity index (χ0) is 15.4. The molecule has 1 aliphatic carbocycles. The van der Waals surface area contributed by atoms with Gasteiger partial charge in [0.2, 0.25) is 0 Å². The quantitative estimate of drug-likeness (QED) is 0.847. The Morgan fingerprint density at radius 1 is 1.41 bits per heavy atom. The summed E-state index contributed by atoms with van der Waals surface area (Å²) in [6.07, 6.45) is 7.01. The van der Waals surface area contributed by atoms with Crippen LogP contribution in [0.25, 0.3) is 0 Å². The number of allylic oxidation sites excluding steroid dienone is 3. The summed E-state index contributed by atoms with van der Waals surface area (Å²) in [6.45, 7) is 3.03. The van der Waals surface area contributed by atoms with E-state index in [1.54, 1.807) is 6.20 Å². The highest BCUT2D eigenvalue weighted by atomic mass is 17.2. The zero-order valence-electron chi connectivity index (χ0n) is 12.4. The molecule has 1 aromatic rings. The maximum atomic E-state index is 10.5. The minimum atomic E-state index is -0.715. The third kappa shape index (κ3) is 3.27. The summed E-state index contributed by atoms with van der Waals surface area (Å²) in [7, 11) is 0. The fraction of sp³-hybridized carbons (Fsp3) is 0.353. The Labute approximate surface area is 129 Å². The summed E-state index contributed by atoms with van der Waals surface area (Å²) in [5, 5.41) is 10.5. The molecule has 0 saturated carbocycles. The van der Waals surface area contributed by atoms with Crippen LogP contribution in [0.5, 0.6) is 0 Å². The van der Waals surface area contributed by atoms with Gasteiger partial charge >= 0.3 is 0 Å². The Morgan fingerprint density at radius 2 is 2.32 bits per heavy atom. The van der Waals surface area contributed by atoms with Crippen molar-refractivity contribution in [3.8, 4) is 0 Å². The van der Waals surface area contributed by atoms with Crippen LogP contribution in [-0.4, -0.2) is 29.4 Å². The van der Waals surface area contributed by atoms with Crippen LogP contribution < -0.4 is 0 Å². The normalized spacial score (nSPS) is 21.9. The molecule has 0 saturated heterocycles. The topological polar surface area (TPSA) is 60.8 Å². The van der Waals surface area contributed by atoms with Gasteiger partial charge in [-0.3, -0.25) is 4.98 Å². The lowest BCUT2D eigenvalue weighted by Gasteiger charge is -2.26. The van der Waals surface area contributed by atoms with Crippen LogP contribution in [-0.2, 0) is 14.5 Å². The third-order valence-electron chi connectivity index (χ3n) is 3.61. The van der Waals surface area contributed by atoms with E-state index < -0.39 is 6.10 Å². The highest BCUT2D eigenvalue weighted by Gasteiger charge is 2.26. The fourth-order valence-corrected chi connectivity index (χ4v) is 2.47. The number of hydrogen-bond acceptors (Lipinski definition) is 5. The van der Waals surface area contributed by atoms with Crippen LogP contribution in [0.4, 0.5) is 0 Å². The molecule has 0 radical (unpaired) electrons. The molecule has 0 fully saturated rings. The van der Waals surface area contributed by atoms with Crippen LogP contribution in [0.1, 0.15) is 25.1 Å². The molecule has 0 spiro atoms. The summed E-state index contributed by atoms with van der Waals surface area (Å²) in [5.41, 5.74) is 2.53. The van der Waals surface area contributed by atoms with Crippen LogP contribution in [0, 0.1) is 0 Å². The molecule has 0 aromatic carbocycles.